The maximum Gasteiger partial charge on any atom is 0.265 e. The Bertz CT molecular complexity index is 999. The van der Waals surface area contributed by atoms with Gasteiger partial charge in [-0.25, -0.2) is 18.7 Å². The number of piperidine rings is 1. The van der Waals surface area contributed by atoms with Crippen molar-refractivity contribution in [3.8, 4) is 11.5 Å². The second kappa shape index (κ2) is 9.99. The maximum atomic E-state index is 13.7. The minimum Gasteiger partial charge on any atom is -0.457 e. The first-order chi connectivity index (χ1) is 15.5. The molecule has 2 aliphatic heterocycles. The van der Waals surface area contributed by atoms with Crippen LogP contribution in [0, 0.1) is 0 Å². The van der Waals surface area contributed by atoms with Gasteiger partial charge in [0.1, 0.15) is 11.5 Å². The van der Waals surface area contributed by atoms with Gasteiger partial charge in [-0.1, -0.05) is 18.2 Å². The topological polar surface area (TPSA) is 103 Å². The number of carbonyl (C=O) groups excluding carboxylic acids is 1. The van der Waals surface area contributed by atoms with Crippen LogP contribution in [0.3, 0.4) is 0 Å². The molecule has 2 heterocycles. The van der Waals surface area contributed by atoms with E-state index in [4.69, 9.17) is 14.3 Å². The molecule has 2 aromatic rings. The Balaban J connectivity index is 1.53. The minimum atomic E-state index is -3.99. The molecule has 0 aliphatic carbocycles. The molecule has 172 valence electrons. The lowest BCUT2D eigenvalue weighted by Crippen LogP contribution is -2.58. The van der Waals surface area contributed by atoms with Crippen molar-refractivity contribution in [1.82, 2.24) is 10.8 Å². The first kappa shape index (κ1) is 22.7. The van der Waals surface area contributed by atoms with Gasteiger partial charge in [0.2, 0.25) is 0 Å². The van der Waals surface area contributed by atoms with Crippen LogP contribution < -0.4 is 15.5 Å². The largest absolute Gasteiger partial charge is 0.457 e. The summed E-state index contributed by atoms with van der Waals surface area (Å²) in [6.45, 7) is 1.40. The van der Waals surface area contributed by atoms with Crippen molar-refractivity contribution in [2.24, 2.45) is 0 Å². The summed E-state index contributed by atoms with van der Waals surface area (Å²) >= 11 is 0. The fraction of sp³-hybridized carbons (Fsp3) is 0.435. The molecule has 0 saturated carbocycles. The smallest absolute Gasteiger partial charge is 0.265 e. The van der Waals surface area contributed by atoms with Crippen LogP contribution in [0.25, 0.3) is 0 Å². The fourth-order valence-electron chi connectivity index (χ4n) is 4.00. The van der Waals surface area contributed by atoms with E-state index in [1.165, 1.54) is 12.1 Å². The molecule has 9 heteroatoms. The first-order valence-corrected chi connectivity index (χ1v) is 12.4. The summed E-state index contributed by atoms with van der Waals surface area (Å²) in [6.07, 6.45) is 2.29. The van der Waals surface area contributed by atoms with E-state index in [2.05, 4.69) is 10.8 Å². The van der Waals surface area contributed by atoms with E-state index in [9.17, 15) is 13.2 Å². The lowest BCUT2D eigenvalue weighted by molar-refractivity contribution is -0.201. The molecule has 2 saturated heterocycles. The zero-order valence-corrected chi connectivity index (χ0v) is 18.6. The summed E-state index contributed by atoms with van der Waals surface area (Å²) in [4.78, 5) is 18.7. The second-order valence-electron chi connectivity index (χ2n) is 7.98. The number of amides is 1. The monoisotopic (exact) mass is 460 g/mol. The fourth-order valence-corrected chi connectivity index (χ4v) is 5.97. The normalized spacial score (nSPS) is 20.9. The van der Waals surface area contributed by atoms with Crippen molar-refractivity contribution in [1.29, 1.82) is 0 Å². The SMILES string of the molecule is O=C(NOC1CCCCO1)C1(S(=O)(=O)c2ccc(Oc3ccccc3)cc2)CCNCC1. The van der Waals surface area contributed by atoms with Crippen LogP contribution in [-0.4, -0.2) is 45.1 Å². The van der Waals surface area contributed by atoms with Gasteiger partial charge in [0.05, 0.1) is 4.90 Å². The average Bonchev–Trinajstić information content (AvgIpc) is 2.84. The second-order valence-corrected chi connectivity index (χ2v) is 10.2. The zero-order valence-electron chi connectivity index (χ0n) is 17.8. The number of rotatable bonds is 7. The summed E-state index contributed by atoms with van der Waals surface area (Å²) < 4.78 is 36.9. The summed E-state index contributed by atoms with van der Waals surface area (Å²) in [5, 5.41) is 3.13. The number of nitrogens with one attached hydrogen (secondary N) is 2. The Hall–Kier alpha value is -2.46. The maximum absolute atomic E-state index is 13.7. The van der Waals surface area contributed by atoms with E-state index < -0.39 is 26.8 Å². The van der Waals surface area contributed by atoms with Gasteiger partial charge in [-0.2, -0.15) is 0 Å². The number of ether oxygens (including phenoxy) is 2. The van der Waals surface area contributed by atoms with Gasteiger partial charge in [0.15, 0.2) is 20.9 Å². The Morgan fingerprint density at radius 1 is 1.00 bits per heavy atom. The zero-order chi connectivity index (χ0) is 22.4. The number of para-hydroxylation sites is 1. The van der Waals surface area contributed by atoms with Crippen LogP contribution in [0.2, 0.25) is 0 Å². The van der Waals surface area contributed by atoms with Crippen molar-refractivity contribution in [2.45, 2.75) is 48.0 Å². The molecule has 0 aromatic heterocycles. The third kappa shape index (κ3) is 4.80. The molecule has 2 aliphatic rings. The highest BCUT2D eigenvalue weighted by Gasteiger charge is 2.52. The van der Waals surface area contributed by atoms with Crippen molar-refractivity contribution in [3.05, 3.63) is 54.6 Å². The molecule has 1 unspecified atom stereocenters. The molecule has 1 amide bonds. The van der Waals surface area contributed by atoms with Crippen molar-refractivity contribution in [3.63, 3.8) is 0 Å². The summed E-state index contributed by atoms with van der Waals surface area (Å²) in [5.74, 6) is 0.508. The summed E-state index contributed by atoms with van der Waals surface area (Å²) in [6, 6.07) is 15.4. The van der Waals surface area contributed by atoms with E-state index in [1.54, 1.807) is 12.1 Å². The predicted octanol–water partition coefficient (Wildman–Crippen LogP) is 2.95. The molecular weight excluding hydrogens is 432 g/mol. The number of hydroxylamine groups is 1. The van der Waals surface area contributed by atoms with Gasteiger partial charge in [0.25, 0.3) is 5.91 Å². The molecule has 2 aromatic carbocycles. The van der Waals surface area contributed by atoms with Crippen LogP contribution in [0.1, 0.15) is 32.1 Å². The molecule has 1 atom stereocenters. The lowest BCUT2D eigenvalue weighted by Gasteiger charge is -2.35. The highest BCUT2D eigenvalue weighted by Crippen LogP contribution is 2.35. The van der Waals surface area contributed by atoms with E-state index in [0.717, 1.165) is 12.8 Å². The highest BCUT2D eigenvalue weighted by molar-refractivity contribution is 7.93. The number of hydrogen-bond acceptors (Lipinski definition) is 7. The van der Waals surface area contributed by atoms with Crippen LogP contribution >= 0.6 is 0 Å². The Labute approximate surface area is 188 Å². The number of sulfone groups is 1. The summed E-state index contributed by atoms with van der Waals surface area (Å²) in [5.41, 5.74) is 2.39. The number of hydrogen-bond donors (Lipinski definition) is 2. The molecule has 8 nitrogen and oxygen atoms in total. The quantitative estimate of drug-likeness (QED) is 0.613. The molecule has 4 rings (SSSR count). The van der Waals surface area contributed by atoms with Crippen LogP contribution in [0.4, 0.5) is 0 Å². The molecule has 2 fully saturated rings. The third-order valence-corrected chi connectivity index (χ3v) is 8.39. The van der Waals surface area contributed by atoms with Crippen LogP contribution in [0.15, 0.2) is 59.5 Å². The Kier molecular flexibility index (Phi) is 7.10. The van der Waals surface area contributed by atoms with Gasteiger partial charge in [-0.15, -0.1) is 0 Å². The van der Waals surface area contributed by atoms with Gasteiger partial charge < -0.3 is 14.8 Å². The number of benzene rings is 2. The van der Waals surface area contributed by atoms with E-state index in [0.29, 0.717) is 37.6 Å². The first-order valence-electron chi connectivity index (χ1n) is 10.9. The van der Waals surface area contributed by atoms with E-state index in [1.807, 2.05) is 30.3 Å². The van der Waals surface area contributed by atoms with E-state index in [-0.39, 0.29) is 17.7 Å². The molecule has 0 radical (unpaired) electrons. The molecule has 0 spiro atoms. The third-order valence-electron chi connectivity index (χ3n) is 5.87. The van der Waals surface area contributed by atoms with Crippen molar-refractivity contribution in [2.75, 3.05) is 19.7 Å². The number of carbonyl (C=O) groups is 1. The molecular formula is C23H28N2O6S. The van der Waals surface area contributed by atoms with Crippen molar-refractivity contribution < 1.29 is 27.5 Å². The molecule has 32 heavy (non-hydrogen) atoms. The van der Waals surface area contributed by atoms with E-state index >= 15 is 0 Å². The predicted molar refractivity (Wildman–Crippen MR) is 118 cm³/mol. The van der Waals surface area contributed by atoms with Crippen LogP contribution in [-0.2, 0) is 24.2 Å². The molecule has 2 N–H and O–H groups in total. The molecule has 0 bridgehead atoms. The van der Waals surface area contributed by atoms with Gasteiger partial charge in [-0.05, 0) is 75.2 Å². The van der Waals surface area contributed by atoms with Gasteiger partial charge >= 0.3 is 0 Å². The van der Waals surface area contributed by atoms with Gasteiger partial charge in [-0.3, -0.25) is 4.79 Å². The Morgan fingerprint density at radius 3 is 2.34 bits per heavy atom. The highest BCUT2D eigenvalue weighted by atomic mass is 32.2. The standard InChI is InChI=1S/C23H28N2O6S/c26-22(25-31-21-8-4-5-17-29-21)23(13-15-24-16-14-23)32(27,28)20-11-9-19(10-12-20)30-18-6-2-1-3-7-18/h1-3,6-7,9-12,21,24H,4-5,8,13-17H2,(H,25,26). The van der Waals surface area contributed by atoms with Gasteiger partial charge in [0, 0.05) is 13.0 Å². The summed E-state index contributed by atoms with van der Waals surface area (Å²) in [7, 11) is -3.99. The minimum absolute atomic E-state index is 0.0730. The Morgan fingerprint density at radius 2 is 1.69 bits per heavy atom. The average molecular weight is 461 g/mol. The van der Waals surface area contributed by atoms with Crippen LogP contribution in [0.5, 0.6) is 11.5 Å². The lowest BCUT2D eigenvalue weighted by atomic mass is 9.96. The van der Waals surface area contributed by atoms with Crippen molar-refractivity contribution >= 4 is 15.7 Å².